The molecular weight excluding hydrogens is 296 g/mol. The zero-order valence-electron chi connectivity index (χ0n) is 10.5. The first kappa shape index (κ1) is 18.1. The third-order valence-corrected chi connectivity index (χ3v) is 2.12. The molecule has 0 aliphatic heterocycles. The summed E-state index contributed by atoms with van der Waals surface area (Å²) in [4.78, 5) is 22.2. The Bertz CT molecular complexity index is 477. The van der Waals surface area contributed by atoms with Gasteiger partial charge in [0.25, 0.3) is 0 Å². The minimum atomic E-state index is -0.941. The van der Waals surface area contributed by atoms with Crippen molar-refractivity contribution in [3.63, 3.8) is 0 Å². The second-order valence-corrected chi connectivity index (χ2v) is 3.50. The molecule has 6 nitrogen and oxygen atoms in total. The smallest absolute Gasteiger partial charge is 0.243 e. The lowest BCUT2D eigenvalue weighted by atomic mass is 10.2. The Balaban J connectivity index is 0.00000361. The number of halogens is 3. The van der Waals surface area contributed by atoms with E-state index in [4.69, 9.17) is 5.73 Å². The molecule has 0 saturated carbocycles. The molecule has 0 fully saturated rings. The van der Waals surface area contributed by atoms with Crippen LogP contribution in [0.15, 0.2) is 12.1 Å². The van der Waals surface area contributed by atoms with Crippen LogP contribution in [0.1, 0.15) is 0 Å². The van der Waals surface area contributed by atoms with E-state index in [1.54, 1.807) is 0 Å². The summed E-state index contributed by atoms with van der Waals surface area (Å²) in [6, 6.07) is 1.81. The number of benzene rings is 1. The summed E-state index contributed by atoms with van der Waals surface area (Å²) < 4.78 is 31.2. The molecule has 1 aromatic carbocycles. The highest BCUT2D eigenvalue weighted by Gasteiger charge is 2.13. The lowest BCUT2D eigenvalue weighted by Crippen LogP contribution is -2.36. The normalized spacial score (nSPS) is 9.40. The molecule has 0 aliphatic carbocycles. The van der Waals surface area contributed by atoms with Crippen molar-refractivity contribution in [2.45, 2.75) is 0 Å². The van der Waals surface area contributed by atoms with E-state index in [2.05, 4.69) is 15.4 Å². The minimum Gasteiger partial charge on any atom is -0.491 e. The highest BCUT2D eigenvalue weighted by molar-refractivity contribution is 5.94. The van der Waals surface area contributed by atoms with E-state index >= 15 is 0 Å². The molecule has 0 atom stereocenters. The summed E-state index contributed by atoms with van der Waals surface area (Å²) >= 11 is 0. The number of hydrogen-bond acceptors (Lipinski definition) is 4. The molecule has 1 aromatic rings. The predicted molar refractivity (Wildman–Crippen MR) is 70.9 cm³/mol. The van der Waals surface area contributed by atoms with Crippen molar-refractivity contribution >= 4 is 29.9 Å². The highest BCUT2D eigenvalue weighted by atomic mass is 35.5. The average Bonchev–Trinajstić information content (AvgIpc) is 2.35. The quantitative estimate of drug-likeness (QED) is 0.734. The SMILES string of the molecule is COc1c(F)cc(NC(=O)CNC(=O)CN)cc1F.Cl. The average molecular weight is 310 g/mol. The second kappa shape index (κ2) is 8.28. The van der Waals surface area contributed by atoms with Crippen molar-refractivity contribution in [3.8, 4) is 5.75 Å². The fourth-order valence-corrected chi connectivity index (χ4v) is 1.28. The number of methoxy groups -OCH3 is 1. The molecule has 1 rings (SSSR count). The van der Waals surface area contributed by atoms with Crippen molar-refractivity contribution < 1.29 is 23.1 Å². The van der Waals surface area contributed by atoms with Gasteiger partial charge >= 0.3 is 0 Å². The van der Waals surface area contributed by atoms with E-state index in [9.17, 15) is 18.4 Å². The number of rotatable bonds is 5. The molecular formula is C11H14ClF2N3O3. The van der Waals surface area contributed by atoms with E-state index in [1.807, 2.05) is 0 Å². The molecule has 0 bridgehead atoms. The number of carbonyl (C=O) groups excluding carboxylic acids is 2. The van der Waals surface area contributed by atoms with Crippen molar-refractivity contribution in [1.29, 1.82) is 0 Å². The molecule has 0 spiro atoms. The first-order valence-corrected chi connectivity index (χ1v) is 5.27. The summed E-state index contributed by atoms with van der Waals surface area (Å²) in [6.45, 7) is -0.593. The van der Waals surface area contributed by atoms with E-state index < -0.39 is 29.2 Å². The minimum absolute atomic E-state index is 0. The Morgan fingerprint density at radius 2 is 1.80 bits per heavy atom. The number of carbonyl (C=O) groups is 2. The van der Waals surface area contributed by atoms with Gasteiger partial charge in [-0.3, -0.25) is 9.59 Å². The zero-order chi connectivity index (χ0) is 14.4. The maximum Gasteiger partial charge on any atom is 0.243 e. The van der Waals surface area contributed by atoms with Gasteiger partial charge in [0.2, 0.25) is 11.8 Å². The van der Waals surface area contributed by atoms with Gasteiger partial charge in [0.15, 0.2) is 17.4 Å². The van der Waals surface area contributed by atoms with E-state index in [0.29, 0.717) is 0 Å². The third kappa shape index (κ3) is 4.98. The van der Waals surface area contributed by atoms with Crippen LogP contribution in [0.3, 0.4) is 0 Å². The van der Waals surface area contributed by atoms with Gasteiger partial charge < -0.3 is 21.1 Å². The van der Waals surface area contributed by atoms with Gasteiger partial charge in [-0.1, -0.05) is 0 Å². The van der Waals surface area contributed by atoms with Crippen LogP contribution in [0.4, 0.5) is 14.5 Å². The molecule has 20 heavy (non-hydrogen) atoms. The van der Waals surface area contributed by atoms with Crippen molar-refractivity contribution in [3.05, 3.63) is 23.8 Å². The molecule has 0 saturated heterocycles. The largest absolute Gasteiger partial charge is 0.491 e. The topological polar surface area (TPSA) is 93.5 Å². The van der Waals surface area contributed by atoms with Gasteiger partial charge in [0.05, 0.1) is 20.2 Å². The van der Waals surface area contributed by atoms with Crippen molar-refractivity contribution in [1.82, 2.24) is 5.32 Å². The second-order valence-electron chi connectivity index (χ2n) is 3.50. The third-order valence-electron chi connectivity index (χ3n) is 2.12. The molecule has 112 valence electrons. The van der Waals surface area contributed by atoms with Crippen LogP contribution in [-0.2, 0) is 9.59 Å². The van der Waals surface area contributed by atoms with Crippen molar-refractivity contribution in [2.75, 3.05) is 25.5 Å². The number of anilines is 1. The zero-order valence-corrected chi connectivity index (χ0v) is 11.4. The Kier molecular flexibility index (Phi) is 7.48. The van der Waals surface area contributed by atoms with Gasteiger partial charge in [-0.05, 0) is 0 Å². The van der Waals surface area contributed by atoms with Crippen LogP contribution in [0.2, 0.25) is 0 Å². The molecule has 0 unspecified atom stereocenters. The Labute approximate surface area is 120 Å². The molecule has 0 radical (unpaired) electrons. The maximum absolute atomic E-state index is 13.3. The fourth-order valence-electron chi connectivity index (χ4n) is 1.28. The number of nitrogens with two attached hydrogens (primary N) is 1. The molecule has 0 aromatic heterocycles. The van der Waals surface area contributed by atoms with Crippen LogP contribution in [0.5, 0.6) is 5.75 Å². The van der Waals surface area contributed by atoms with E-state index in [1.165, 1.54) is 0 Å². The van der Waals surface area contributed by atoms with Crippen LogP contribution < -0.4 is 21.1 Å². The monoisotopic (exact) mass is 309 g/mol. The summed E-state index contributed by atoms with van der Waals surface area (Å²) in [5, 5.41) is 4.44. The van der Waals surface area contributed by atoms with Gasteiger partial charge in [0, 0.05) is 17.8 Å². The molecule has 0 aliphatic rings. The molecule has 4 N–H and O–H groups in total. The summed E-state index contributed by atoms with van der Waals surface area (Å²) in [5.41, 5.74) is 4.94. The van der Waals surface area contributed by atoms with Gasteiger partial charge in [-0.25, -0.2) is 8.78 Å². The van der Waals surface area contributed by atoms with Crippen molar-refractivity contribution in [2.24, 2.45) is 5.73 Å². The van der Waals surface area contributed by atoms with Crippen LogP contribution in [-0.4, -0.2) is 32.0 Å². The Hall–Kier alpha value is -1.93. The molecule has 9 heteroatoms. The highest BCUT2D eigenvalue weighted by Crippen LogP contribution is 2.25. The molecule has 2 amide bonds. The van der Waals surface area contributed by atoms with Gasteiger partial charge in [-0.15, -0.1) is 12.4 Å². The number of ether oxygens (including phenoxy) is 1. The number of nitrogens with one attached hydrogen (secondary N) is 2. The Morgan fingerprint density at radius 3 is 2.25 bits per heavy atom. The predicted octanol–water partition coefficient (Wildman–Crippen LogP) is 0.409. The lowest BCUT2D eigenvalue weighted by Gasteiger charge is -2.09. The van der Waals surface area contributed by atoms with E-state index in [-0.39, 0.29) is 31.2 Å². The first-order valence-electron chi connectivity index (χ1n) is 5.27. The standard InChI is InChI=1S/C11H13F2N3O3.ClH/c1-19-11-7(12)2-6(3-8(11)13)16-10(18)5-15-9(17)4-14;/h2-3H,4-5,14H2,1H3,(H,15,17)(H,16,18);1H. The van der Waals surface area contributed by atoms with Crippen LogP contribution >= 0.6 is 12.4 Å². The number of amides is 2. The maximum atomic E-state index is 13.3. The Morgan fingerprint density at radius 1 is 1.25 bits per heavy atom. The fraction of sp³-hybridized carbons (Fsp3) is 0.273. The summed E-state index contributed by atoms with van der Waals surface area (Å²) in [6.07, 6.45) is 0. The van der Waals surface area contributed by atoms with Crippen LogP contribution in [0.25, 0.3) is 0 Å². The van der Waals surface area contributed by atoms with Crippen LogP contribution in [0, 0.1) is 11.6 Å². The van der Waals surface area contributed by atoms with E-state index in [0.717, 1.165) is 19.2 Å². The van der Waals surface area contributed by atoms with Gasteiger partial charge in [0.1, 0.15) is 0 Å². The van der Waals surface area contributed by atoms with Gasteiger partial charge in [-0.2, -0.15) is 0 Å². The number of hydrogen-bond donors (Lipinski definition) is 3. The molecule has 0 heterocycles. The lowest BCUT2D eigenvalue weighted by molar-refractivity contribution is -0.123. The summed E-state index contributed by atoms with van der Waals surface area (Å²) in [5.74, 6) is -3.56. The summed E-state index contributed by atoms with van der Waals surface area (Å²) in [7, 11) is 1.13. The first-order chi connectivity index (χ1) is 8.97.